The molecule has 0 bridgehead atoms. The molecule has 0 aromatic carbocycles. The van der Waals surface area contributed by atoms with Crippen LogP contribution < -0.4 is 0 Å². The van der Waals surface area contributed by atoms with Crippen LogP contribution in [0.4, 0.5) is 0 Å². The van der Waals surface area contributed by atoms with Crippen molar-refractivity contribution in [1.82, 2.24) is 9.34 Å². The summed E-state index contributed by atoms with van der Waals surface area (Å²) in [6, 6.07) is 1.27. The Kier molecular flexibility index (Phi) is 4.59. The molecule has 0 aromatic rings. The zero-order chi connectivity index (χ0) is 14.5. The van der Waals surface area contributed by atoms with Crippen LogP contribution in [0.1, 0.15) is 69.2 Å². The maximum Gasteiger partial charge on any atom is 0.0672 e. The molecule has 0 N–H and O–H groups in total. The molecule has 0 aliphatic carbocycles. The molecule has 1 aliphatic rings. The van der Waals surface area contributed by atoms with E-state index >= 15 is 0 Å². The van der Waals surface area contributed by atoms with Gasteiger partial charge in [0.15, 0.2) is 0 Å². The third kappa shape index (κ3) is 3.26. The fraction of sp³-hybridized carbons (Fsp3) is 1.00. The molecule has 1 fully saturated rings. The van der Waals surface area contributed by atoms with Crippen molar-refractivity contribution in [3.05, 3.63) is 0 Å². The van der Waals surface area contributed by atoms with Crippen LogP contribution in [0.25, 0.3) is 0 Å². The smallest absolute Gasteiger partial charge is 0.0672 e. The van der Waals surface area contributed by atoms with Gasteiger partial charge < -0.3 is 0 Å². The van der Waals surface area contributed by atoms with Crippen LogP contribution in [-0.2, 0) is 0 Å². The van der Waals surface area contributed by atoms with E-state index in [2.05, 4.69) is 78.6 Å². The van der Waals surface area contributed by atoms with Gasteiger partial charge in [-0.1, -0.05) is 20.8 Å². The van der Waals surface area contributed by atoms with E-state index < -0.39 is 0 Å². The molecule has 1 saturated heterocycles. The van der Waals surface area contributed by atoms with Crippen molar-refractivity contribution >= 4 is 8.22 Å². The van der Waals surface area contributed by atoms with Crippen LogP contribution in [0.2, 0.25) is 0 Å². The molecule has 1 heterocycles. The van der Waals surface area contributed by atoms with Crippen molar-refractivity contribution in [2.24, 2.45) is 5.41 Å². The molecule has 0 saturated carbocycles. The lowest BCUT2D eigenvalue weighted by molar-refractivity contribution is 0.234. The summed E-state index contributed by atoms with van der Waals surface area (Å²) in [5.41, 5.74) is 0.659. The fourth-order valence-corrected chi connectivity index (χ4v) is 6.74. The van der Waals surface area contributed by atoms with Gasteiger partial charge in [0.25, 0.3) is 0 Å². The molecule has 2 nitrogen and oxygen atoms in total. The minimum absolute atomic E-state index is 0.129. The third-order valence-electron chi connectivity index (χ3n) is 3.37. The molecule has 0 radical (unpaired) electrons. The van der Waals surface area contributed by atoms with E-state index in [1.54, 1.807) is 0 Å². The summed E-state index contributed by atoms with van der Waals surface area (Å²) in [5, 5.41) is 0. The first-order valence-corrected chi connectivity index (χ1v) is 8.57. The van der Waals surface area contributed by atoms with Gasteiger partial charge in [-0.25, -0.2) is 0 Å². The van der Waals surface area contributed by atoms with Gasteiger partial charge in [-0.15, -0.1) is 0 Å². The maximum atomic E-state index is 2.75. The van der Waals surface area contributed by atoms with E-state index in [1.165, 1.54) is 0 Å². The van der Waals surface area contributed by atoms with Gasteiger partial charge in [0.1, 0.15) is 0 Å². The zero-order valence-corrected chi connectivity index (χ0v) is 15.0. The van der Waals surface area contributed by atoms with E-state index in [4.69, 9.17) is 0 Å². The normalized spacial score (nSPS) is 29.5. The summed E-state index contributed by atoms with van der Waals surface area (Å²) >= 11 is 0. The average Bonchev–Trinajstić information content (AvgIpc) is 2.74. The second-order valence-corrected chi connectivity index (χ2v) is 10.2. The minimum Gasteiger partial charge on any atom is -0.264 e. The molecular formula is C15H33N2P. The summed E-state index contributed by atoms with van der Waals surface area (Å²) in [5.74, 6) is 0.734. The SMILES string of the molecule is CC(C)N(C(C)C)[P@@]1[C@@H](C(C)(C)C)N1C(C)(C)C. The Morgan fingerprint density at radius 1 is 0.889 bits per heavy atom. The van der Waals surface area contributed by atoms with Gasteiger partial charge >= 0.3 is 0 Å². The molecule has 0 spiro atoms. The Morgan fingerprint density at radius 2 is 1.28 bits per heavy atom. The third-order valence-corrected chi connectivity index (χ3v) is 7.25. The molecule has 108 valence electrons. The number of rotatable bonds is 3. The van der Waals surface area contributed by atoms with E-state index in [1.807, 2.05) is 0 Å². The van der Waals surface area contributed by atoms with Crippen LogP contribution in [0, 0.1) is 5.41 Å². The molecule has 3 heteroatoms. The van der Waals surface area contributed by atoms with Crippen molar-refractivity contribution in [2.75, 3.05) is 0 Å². The van der Waals surface area contributed by atoms with Crippen LogP contribution in [0.5, 0.6) is 0 Å². The van der Waals surface area contributed by atoms with Crippen molar-refractivity contribution in [2.45, 2.75) is 92.6 Å². The molecule has 3 atom stereocenters. The van der Waals surface area contributed by atoms with Crippen LogP contribution >= 0.6 is 8.22 Å². The summed E-state index contributed by atoms with van der Waals surface area (Å²) in [6.45, 7) is 23.6. The lowest BCUT2D eigenvalue weighted by atomic mass is 9.95. The zero-order valence-electron chi connectivity index (χ0n) is 14.1. The molecular weight excluding hydrogens is 239 g/mol. The fourth-order valence-electron chi connectivity index (χ4n) is 2.86. The molecule has 0 amide bonds. The highest BCUT2D eigenvalue weighted by molar-refractivity contribution is 7.60. The number of nitrogens with zero attached hydrogens (tertiary/aromatic N) is 2. The Bertz CT molecular complexity index is 258. The maximum absolute atomic E-state index is 2.75. The molecule has 1 unspecified atom stereocenters. The first-order valence-electron chi connectivity index (χ1n) is 7.25. The predicted molar refractivity (Wildman–Crippen MR) is 83.9 cm³/mol. The van der Waals surface area contributed by atoms with Crippen molar-refractivity contribution in [1.29, 1.82) is 0 Å². The first kappa shape index (κ1) is 16.4. The van der Waals surface area contributed by atoms with E-state index in [0.717, 1.165) is 5.78 Å². The second-order valence-electron chi connectivity index (χ2n) is 8.14. The van der Waals surface area contributed by atoms with Gasteiger partial charge in [0.2, 0.25) is 0 Å². The van der Waals surface area contributed by atoms with Gasteiger partial charge in [-0.2, -0.15) is 0 Å². The minimum atomic E-state index is -0.129. The quantitative estimate of drug-likeness (QED) is 0.532. The Hall–Kier alpha value is 0.350. The summed E-state index contributed by atoms with van der Waals surface area (Å²) in [6.07, 6.45) is 0. The molecule has 1 aliphatic heterocycles. The van der Waals surface area contributed by atoms with Crippen molar-refractivity contribution in [3.63, 3.8) is 0 Å². The van der Waals surface area contributed by atoms with Crippen LogP contribution in [0.15, 0.2) is 0 Å². The lowest BCUT2D eigenvalue weighted by Gasteiger charge is -2.32. The highest BCUT2D eigenvalue weighted by Gasteiger charge is 2.61. The number of hydrogen-bond acceptors (Lipinski definition) is 2. The second kappa shape index (κ2) is 5.04. The van der Waals surface area contributed by atoms with E-state index in [-0.39, 0.29) is 13.8 Å². The topological polar surface area (TPSA) is 6.25 Å². The highest BCUT2D eigenvalue weighted by atomic mass is 31.2. The average molecular weight is 272 g/mol. The Morgan fingerprint density at radius 3 is 1.44 bits per heavy atom. The van der Waals surface area contributed by atoms with E-state index in [9.17, 15) is 0 Å². The van der Waals surface area contributed by atoms with Crippen molar-refractivity contribution < 1.29 is 0 Å². The highest BCUT2D eigenvalue weighted by Crippen LogP contribution is 2.75. The largest absolute Gasteiger partial charge is 0.264 e. The summed E-state index contributed by atoms with van der Waals surface area (Å²) in [7, 11) is -0.129. The Balaban J connectivity index is 3.00. The van der Waals surface area contributed by atoms with Crippen LogP contribution in [0.3, 0.4) is 0 Å². The molecule has 0 aromatic heterocycles. The van der Waals surface area contributed by atoms with Gasteiger partial charge in [-0.05, 0) is 53.9 Å². The molecule has 1 rings (SSSR count). The predicted octanol–water partition coefficient (Wildman–Crippen LogP) is 4.90. The van der Waals surface area contributed by atoms with Crippen LogP contribution in [-0.4, -0.2) is 32.7 Å². The van der Waals surface area contributed by atoms with E-state index in [0.29, 0.717) is 17.5 Å². The summed E-state index contributed by atoms with van der Waals surface area (Å²) in [4.78, 5) is 0. The standard InChI is InChI=1S/C15H33N2P/c1-11(2)16(12(3)4)18-13(14(5,6)7)17(18)15(8,9)10/h11-13H,1-10H3/t13-,17?,18+/m0/s1. The summed E-state index contributed by atoms with van der Waals surface area (Å²) < 4.78 is 5.48. The van der Waals surface area contributed by atoms with Gasteiger partial charge in [0.05, 0.1) is 14.0 Å². The monoisotopic (exact) mass is 272 g/mol. The van der Waals surface area contributed by atoms with Gasteiger partial charge in [-0.3, -0.25) is 9.34 Å². The first-order chi connectivity index (χ1) is 7.89. The number of hydrogen-bond donors (Lipinski definition) is 0. The molecule has 18 heavy (non-hydrogen) atoms. The van der Waals surface area contributed by atoms with Crippen molar-refractivity contribution in [3.8, 4) is 0 Å². The van der Waals surface area contributed by atoms with Gasteiger partial charge in [0, 0.05) is 17.6 Å². The Labute approximate surface area is 116 Å². The lowest BCUT2D eigenvalue weighted by Crippen LogP contribution is -2.33.